The van der Waals surface area contributed by atoms with Gasteiger partial charge in [-0.1, -0.05) is 0 Å². The summed E-state index contributed by atoms with van der Waals surface area (Å²) in [6, 6.07) is -0.243. The monoisotopic (exact) mass is 286 g/mol. The number of aryl methyl sites for hydroxylation is 1. The number of carbonyl (C=O) groups is 3. The molecule has 7 nitrogen and oxygen atoms in total. The van der Waals surface area contributed by atoms with E-state index in [0.717, 1.165) is 10.4 Å². The number of urea groups is 1. The minimum absolute atomic E-state index is 0.273. The predicted octanol–water partition coefficient (Wildman–Crippen LogP) is 0.784. The molecule has 1 heterocycles. The van der Waals surface area contributed by atoms with E-state index in [-0.39, 0.29) is 6.54 Å². The molecule has 0 bridgehead atoms. The highest BCUT2D eigenvalue weighted by atomic mass is 32.1. The van der Waals surface area contributed by atoms with E-state index in [9.17, 15) is 14.4 Å². The van der Waals surface area contributed by atoms with Crippen molar-refractivity contribution in [1.29, 1.82) is 0 Å². The SMILES string of the molecule is Cc1ccsc1CNC(=O)N[C@H](CC(=O)O)C(=O)O. The zero-order chi connectivity index (χ0) is 14.4. The van der Waals surface area contributed by atoms with Crippen molar-refractivity contribution in [2.75, 3.05) is 0 Å². The second-order valence-corrected chi connectivity index (χ2v) is 4.84. The molecule has 0 aliphatic carbocycles. The molecule has 0 fully saturated rings. The minimum Gasteiger partial charge on any atom is -0.481 e. The van der Waals surface area contributed by atoms with Gasteiger partial charge in [0.15, 0.2) is 0 Å². The first kappa shape index (κ1) is 15.0. The number of carbonyl (C=O) groups excluding carboxylic acids is 1. The lowest BCUT2D eigenvalue weighted by Gasteiger charge is -2.13. The molecular weight excluding hydrogens is 272 g/mol. The van der Waals surface area contributed by atoms with Crippen LogP contribution in [0, 0.1) is 6.92 Å². The van der Waals surface area contributed by atoms with E-state index in [1.54, 1.807) is 0 Å². The molecule has 1 aromatic rings. The fourth-order valence-corrected chi connectivity index (χ4v) is 2.18. The van der Waals surface area contributed by atoms with Gasteiger partial charge in [0.05, 0.1) is 13.0 Å². The van der Waals surface area contributed by atoms with E-state index in [4.69, 9.17) is 10.2 Å². The summed E-state index contributed by atoms with van der Waals surface area (Å²) >= 11 is 1.47. The average molecular weight is 286 g/mol. The topological polar surface area (TPSA) is 116 Å². The number of nitrogens with one attached hydrogen (secondary N) is 2. The van der Waals surface area contributed by atoms with Gasteiger partial charge in [-0.25, -0.2) is 9.59 Å². The molecule has 1 rings (SSSR count). The van der Waals surface area contributed by atoms with Crippen LogP contribution in [0.4, 0.5) is 4.79 Å². The number of carboxylic acid groups (broad SMARTS) is 2. The van der Waals surface area contributed by atoms with E-state index in [1.165, 1.54) is 11.3 Å². The second kappa shape index (κ2) is 6.74. The number of thiophene rings is 1. The first-order valence-corrected chi connectivity index (χ1v) is 6.30. The van der Waals surface area contributed by atoms with Gasteiger partial charge in [-0.05, 0) is 23.9 Å². The molecule has 0 aliphatic heterocycles. The third kappa shape index (κ3) is 4.96. The summed E-state index contributed by atoms with van der Waals surface area (Å²) in [6.07, 6.45) is -0.666. The van der Waals surface area contributed by atoms with Gasteiger partial charge in [0.25, 0.3) is 0 Å². The van der Waals surface area contributed by atoms with E-state index in [2.05, 4.69) is 10.6 Å². The zero-order valence-electron chi connectivity index (χ0n) is 10.2. The zero-order valence-corrected chi connectivity index (χ0v) is 11.0. The van der Waals surface area contributed by atoms with Crippen LogP contribution in [-0.4, -0.2) is 34.2 Å². The van der Waals surface area contributed by atoms with Crippen molar-refractivity contribution in [3.8, 4) is 0 Å². The van der Waals surface area contributed by atoms with Crippen LogP contribution in [0.3, 0.4) is 0 Å². The molecular formula is C11H14N2O5S. The molecule has 8 heteroatoms. The maximum Gasteiger partial charge on any atom is 0.326 e. The Balaban J connectivity index is 2.47. The minimum atomic E-state index is -1.44. The molecule has 4 N–H and O–H groups in total. The lowest BCUT2D eigenvalue weighted by atomic mass is 10.2. The van der Waals surface area contributed by atoms with Crippen molar-refractivity contribution in [1.82, 2.24) is 10.6 Å². The highest BCUT2D eigenvalue weighted by Gasteiger charge is 2.22. The van der Waals surface area contributed by atoms with Crippen molar-refractivity contribution in [2.45, 2.75) is 25.9 Å². The van der Waals surface area contributed by atoms with Crippen molar-refractivity contribution >= 4 is 29.3 Å². The predicted molar refractivity (Wildman–Crippen MR) is 68.1 cm³/mol. The third-order valence-electron chi connectivity index (χ3n) is 2.36. The number of carboxylic acids is 2. The van der Waals surface area contributed by atoms with Crippen molar-refractivity contribution < 1.29 is 24.6 Å². The molecule has 0 radical (unpaired) electrons. The molecule has 0 aliphatic rings. The van der Waals surface area contributed by atoms with Gasteiger partial charge in [0.1, 0.15) is 6.04 Å². The third-order valence-corrected chi connectivity index (χ3v) is 3.38. The van der Waals surface area contributed by atoms with E-state index in [0.29, 0.717) is 0 Å². The molecule has 0 saturated carbocycles. The van der Waals surface area contributed by atoms with Crippen molar-refractivity contribution in [2.24, 2.45) is 0 Å². The molecule has 19 heavy (non-hydrogen) atoms. The largest absolute Gasteiger partial charge is 0.481 e. The summed E-state index contributed by atoms with van der Waals surface area (Å²) in [6.45, 7) is 2.17. The highest BCUT2D eigenvalue weighted by Crippen LogP contribution is 2.14. The summed E-state index contributed by atoms with van der Waals surface area (Å²) in [5, 5.41) is 23.8. The fourth-order valence-electron chi connectivity index (χ4n) is 1.33. The fraction of sp³-hybridized carbons (Fsp3) is 0.364. The number of amides is 2. The molecule has 104 valence electrons. The van der Waals surface area contributed by atoms with Crippen molar-refractivity contribution in [3.63, 3.8) is 0 Å². The van der Waals surface area contributed by atoms with Gasteiger partial charge in [0, 0.05) is 4.88 Å². The molecule has 1 atom stereocenters. The lowest BCUT2D eigenvalue weighted by Crippen LogP contribution is -2.46. The molecule has 1 aromatic heterocycles. The van der Waals surface area contributed by atoms with Gasteiger partial charge >= 0.3 is 18.0 Å². The van der Waals surface area contributed by atoms with Crippen LogP contribution in [0.15, 0.2) is 11.4 Å². The van der Waals surface area contributed by atoms with Gasteiger partial charge in [0.2, 0.25) is 0 Å². The first-order valence-electron chi connectivity index (χ1n) is 5.42. The Morgan fingerprint density at radius 3 is 2.53 bits per heavy atom. The highest BCUT2D eigenvalue weighted by molar-refractivity contribution is 7.10. The first-order chi connectivity index (χ1) is 8.90. The van der Waals surface area contributed by atoms with Crippen LogP contribution in [-0.2, 0) is 16.1 Å². The molecule has 2 amide bonds. The molecule has 0 aromatic carbocycles. The van der Waals surface area contributed by atoms with Crippen LogP contribution in [0.5, 0.6) is 0 Å². The van der Waals surface area contributed by atoms with E-state index < -0.39 is 30.4 Å². The van der Waals surface area contributed by atoms with Crippen LogP contribution >= 0.6 is 11.3 Å². The van der Waals surface area contributed by atoms with Crippen LogP contribution < -0.4 is 10.6 Å². The Labute approximate surface area is 113 Å². The average Bonchev–Trinajstić information content (AvgIpc) is 2.70. The Morgan fingerprint density at radius 2 is 2.05 bits per heavy atom. The molecule has 0 spiro atoms. The lowest BCUT2D eigenvalue weighted by molar-refractivity contribution is -0.145. The van der Waals surface area contributed by atoms with Gasteiger partial charge in [-0.15, -0.1) is 11.3 Å². The van der Waals surface area contributed by atoms with E-state index in [1.807, 2.05) is 18.4 Å². The van der Waals surface area contributed by atoms with Gasteiger partial charge < -0.3 is 20.8 Å². The second-order valence-electron chi connectivity index (χ2n) is 3.84. The summed E-state index contributed by atoms with van der Waals surface area (Å²) < 4.78 is 0. The van der Waals surface area contributed by atoms with Crippen molar-refractivity contribution in [3.05, 3.63) is 21.9 Å². The number of aliphatic carboxylic acids is 2. The number of rotatable bonds is 6. The van der Waals surface area contributed by atoms with Crippen LogP contribution in [0.2, 0.25) is 0 Å². The smallest absolute Gasteiger partial charge is 0.326 e. The van der Waals surface area contributed by atoms with Gasteiger partial charge in [-0.2, -0.15) is 0 Å². The maximum absolute atomic E-state index is 11.5. The van der Waals surface area contributed by atoms with Crippen LogP contribution in [0.25, 0.3) is 0 Å². The standard InChI is InChI=1S/C11H14N2O5S/c1-6-2-3-19-8(6)5-12-11(18)13-7(10(16)17)4-9(14)15/h2-3,7H,4-5H2,1H3,(H,14,15)(H,16,17)(H2,12,13,18)/t7-/m1/s1. The number of hydrogen-bond donors (Lipinski definition) is 4. The Hall–Kier alpha value is -2.09. The Kier molecular flexibility index (Phi) is 5.31. The van der Waals surface area contributed by atoms with Crippen LogP contribution in [0.1, 0.15) is 16.9 Å². The summed E-state index contributed by atoms with van der Waals surface area (Å²) in [4.78, 5) is 33.6. The molecule has 0 saturated heterocycles. The summed E-state index contributed by atoms with van der Waals surface area (Å²) in [5.74, 6) is -2.67. The van der Waals surface area contributed by atoms with Gasteiger partial charge in [-0.3, -0.25) is 4.79 Å². The number of hydrogen-bond acceptors (Lipinski definition) is 4. The Morgan fingerprint density at radius 1 is 1.37 bits per heavy atom. The quantitative estimate of drug-likeness (QED) is 0.617. The Bertz CT molecular complexity index is 485. The summed E-state index contributed by atoms with van der Waals surface area (Å²) in [5.41, 5.74) is 1.03. The normalized spacial score (nSPS) is 11.6. The maximum atomic E-state index is 11.5. The summed E-state index contributed by atoms with van der Waals surface area (Å²) in [7, 11) is 0. The van der Waals surface area contributed by atoms with E-state index >= 15 is 0 Å². The molecule has 0 unspecified atom stereocenters.